The third-order valence-electron chi connectivity index (χ3n) is 7.33. The third-order valence-corrected chi connectivity index (χ3v) is 8.09. The Bertz CT molecular complexity index is 1360. The lowest BCUT2D eigenvalue weighted by Crippen LogP contribution is -2.45. The number of anilines is 2. The summed E-state index contributed by atoms with van der Waals surface area (Å²) < 4.78 is 11.5. The molecule has 2 amide bonds. The van der Waals surface area contributed by atoms with Gasteiger partial charge in [0.15, 0.2) is 5.13 Å². The summed E-state index contributed by atoms with van der Waals surface area (Å²) in [6, 6.07) is 11.6. The maximum absolute atomic E-state index is 12.8. The summed E-state index contributed by atoms with van der Waals surface area (Å²) >= 11 is 1.33. The minimum Gasteiger partial charge on any atom is -0.376 e. The SMILES string of the molecule is C[C@@H]1CN(c2cccc(-c3csc(NC(=O)CNC(=O)c4ccc5c(c4)C4(CC4)COC5)n3)n2)C[C@H](C)O1. The molecule has 4 heterocycles. The molecule has 2 aliphatic heterocycles. The highest BCUT2D eigenvalue weighted by atomic mass is 32.1. The van der Waals surface area contributed by atoms with E-state index in [4.69, 9.17) is 14.5 Å². The van der Waals surface area contributed by atoms with Crippen molar-refractivity contribution in [2.24, 2.45) is 0 Å². The standard InChI is InChI=1S/C28H31N5O4S/c1-17-12-33(13-18(2)37-17)24-5-3-4-22(30-24)23-15-38-27(31-23)32-25(34)11-29-26(35)19-6-7-20-14-36-16-28(8-9-28)21(20)10-19/h3-7,10,15,17-18H,8-9,11-14,16H2,1-2H3,(H,29,35)(H,31,32,34)/t17-,18+. The van der Waals surface area contributed by atoms with Crippen LogP contribution in [-0.2, 0) is 26.3 Å². The molecular weight excluding hydrogens is 502 g/mol. The number of hydrogen-bond donors (Lipinski definition) is 2. The van der Waals surface area contributed by atoms with Crippen molar-refractivity contribution < 1.29 is 19.1 Å². The van der Waals surface area contributed by atoms with Crippen LogP contribution in [0.2, 0.25) is 0 Å². The number of fused-ring (bicyclic) bond motifs is 2. The molecule has 38 heavy (non-hydrogen) atoms. The van der Waals surface area contributed by atoms with Gasteiger partial charge >= 0.3 is 0 Å². The number of amides is 2. The number of nitrogens with zero attached hydrogens (tertiary/aromatic N) is 3. The fourth-order valence-electron chi connectivity index (χ4n) is 5.32. The van der Waals surface area contributed by atoms with E-state index < -0.39 is 0 Å². The van der Waals surface area contributed by atoms with Gasteiger partial charge in [-0.1, -0.05) is 12.1 Å². The van der Waals surface area contributed by atoms with E-state index >= 15 is 0 Å². The highest BCUT2D eigenvalue weighted by Gasteiger charge is 2.47. The van der Waals surface area contributed by atoms with Crippen LogP contribution >= 0.6 is 11.3 Å². The number of benzene rings is 1. The Morgan fingerprint density at radius 2 is 1.92 bits per heavy atom. The zero-order valence-electron chi connectivity index (χ0n) is 21.5. The van der Waals surface area contributed by atoms with Gasteiger partial charge in [0, 0.05) is 29.4 Å². The molecule has 1 aliphatic carbocycles. The molecule has 1 aromatic carbocycles. The van der Waals surface area contributed by atoms with Gasteiger partial charge in [-0.3, -0.25) is 9.59 Å². The van der Waals surface area contributed by atoms with E-state index in [-0.39, 0.29) is 36.0 Å². The van der Waals surface area contributed by atoms with E-state index in [0.717, 1.165) is 43.0 Å². The molecule has 2 N–H and O–H groups in total. The van der Waals surface area contributed by atoms with Gasteiger partial charge in [-0.05, 0) is 62.1 Å². The first kappa shape index (κ1) is 25.0. The van der Waals surface area contributed by atoms with Crippen molar-refractivity contribution in [3.05, 3.63) is 58.5 Å². The first-order valence-electron chi connectivity index (χ1n) is 13.0. The van der Waals surface area contributed by atoms with E-state index in [1.54, 1.807) is 6.07 Å². The fourth-order valence-corrected chi connectivity index (χ4v) is 6.04. The highest BCUT2D eigenvalue weighted by molar-refractivity contribution is 7.14. The van der Waals surface area contributed by atoms with Crippen molar-refractivity contribution in [2.75, 3.05) is 36.5 Å². The lowest BCUT2D eigenvalue weighted by Gasteiger charge is -2.36. The lowest BCUT2D eigenvalue weighted by molar-refractivity contribution is -0.115. The van der Waals surface area contributed by atoms with Gasteiger partial charge in [-0.2, -0.15) is 0 Å². The number of carbonyl (C=O) groups is 2. The van der Waals surface area contributed by atoms with Crippen LogP contribution in [0.15, 0.2) is 41.8 Å². The second-order valence-electron chi connectivity index (χ2n) is 10.5. The van der Waals surface area contributed by atoms with Gasteiger partial charge in [0.25, 0.3) is 5.91 Å². The van der Waals surface area contributed by atoms with E-state index in [0.29, 0.717) is 29.6 Å². The van der Waals surface area contributed by atoms with Crippen molar-refractivity contribution >= 4 is 34.1 Å². The van der Waals surface area contributed by atoms with Gasteiger partial charge < -0.3 is 25.0 Å². The Balaban J connectivity index is 1.06. The first-order valence-corrected chi connectivity index (χ1v) is 13.9. The van der Waals surface area contributed by atoms with Crippen LogP contribution in [0.5, 0.6) is 0 Å². The first-order chi connectivity index (χ1) is 18.4. The lowest BCUT2D eigenvalue weighted by atomic mass is 9.88. The summed E-state index contributed by atoms with van der Waals surface area (Å²) in [4.78, 5) is 36.9. The quantitative estimate of drug-likeness (QED) is 0.497. The van der Waals surface area contributed by atoms with E-state index in [9.17, 15) is 9.59 Å². The molecule has 198 valence electrons. The summed E-state index contributed by atoms with van der Waals surface area (Å²) in [7, 11) is 0. The molecule has 3 aromatic rings. The van der Waals surface area contributed by atoms with Crippen LogP contribution in [-0.4, -0.2) is 60.2 Å². The number of morpholine rings is 1. The molecule has 3 aliphatic rings. The predicted octanol–water partition coefficient (Wildman–Crippen LogP) is 3.75. The average Bonchev–Trinajstić information content (AvgIpc) is 3.53. The minimum atomic E-state index is -0.331. The van der Waals surface area contributed by atoms with Crippen molar-refractivity contribution in [1.29, 1.82) is 0 Å². The van der Waals surface area contributed by atoms with Gasteiger partial charge in [-0.25, -0.2) is 9.97 Å². The summed E-state index contributed by atoms with van der Waals surface area (Å²) in [6.07, 6.45) is 2.47. The average molecular weight is 534 g/mol. The van der Waals surface area contributed by atoms with Crippen LogP contribution in [0.25, 0.3) is 11.4 Å². The van der Waals surface area contributed by atoms with Crippen molar-refractivity contribution in [3.63, 3.8) is 0 Å². The molecular formula is C28H31N5O4S. The van der Waals surface area contributed by atoms with Crippen LogP contribution in [0, 0.1) is 0 Å². The van der Waals surface area contributed by atoms with Crippen LogP contribution in [0.4, 0.5) is 10.9 Å². The Kier molecular flexibility index (Phi) is 6.63. The predicted molar refractivity (Wildman–Crippen MR) is 146 cm³/mol. The molecule has 2 aromatic heterocycles. The Hall–Kier alpha value is -3.34. The molecule has 0 bridgehead atoms. The molecule has 10 heteroatoms. The summed E-state index contributed by atoms with van der Waals surface area (Å²) in [5.41, 5.74) is 4.44. The van der Waals surface area contributed by atoms with Crippen molar-refractivity contribution in [1.82, 2.24) is 15.3 Å². The molecule has 2 fully saturated rings. The van der Waals surface area contributed by atoms with Crippen LogP contribution < -0.4 is 15.5 Å². The normalized spacial score (nSPS) is 21.6. The number of rotatable bonds is 6. The number of pyridine rings is 1. The van der Waals surface area contributed by atoms with E-state index in [1.165, 1.54) is 16.9 Å². The molecule has 1 spiro atoms. The maximum Gasteiger partial charge on any atom is 0.251 e. The molecule has 1 saturated carbocycles. The summed E-state index contributed by atoms with van der Waals surface area (Å²) in [5, 5.41) is 7.85. The van der Waals surface area contributed by atoms with Crippen molar-refractivity contribution in [3.8, 4) is 11.4 Å². The van der Waals surface area contributed by atoms with Gasteiger partial charge in [-0.15, -0.1) is 11.3 Å². The zero-order valence-corrected chi connectivity index (χ0v) is 22.3. The molecule has 1 saturated heterocycles. The second kappa shape index (κ2) is 10.1. The van der Waals surface area contributed by atoms with Gasteiger partial charge in [0.2, 0.25) is 5.91 Å². The molecule has 2 atom stereocenters. The Morgan fingerprint density at radius 1 is 1.11 bits per heavy atom. The number of carbonyl (C=O) groups excluding carboxylic acids is 2. The van der Waals surface area contributed by atoms with E-state index in [2.05, 4.69) is 34.4 Å². The monoisotopic (exact) mass is 533 g/mol. The maximum atomic E-state index is 12.8. The fraction of sp³-hybridized carbons (Fsp3) is 0.429. The van der Waals surface area contributed by atoms with E-state index in [1.807, 2.05) is 35.7 Å². The van der Waals surface area contributed by atoms with Crippen LogP contribution in [0.1, 0.15) is 48.2 Å². The van der Waals surface area contributed by atoms with Gasteiger partial charge in [0.1, 0.15) is 11.5 Å². The smallest absolute Gasteiger partial charge is 0.251 e. The summed E-state index contributed by atoms with van der Waals surface area (Å²) in [6.45, 7) is 6.86. The van der Waals surface area contributed by atoms with Gasteiger partial charge in [0.05, 0.1) is 37.7 Å². The molecule has 0 unspecified atom stereocenters. The molecule has 6 rings (SSSR count). The Labute approximate surface area is 225 Å². The largest absolute Gasteiger partial charge is 0.376 e. The number of nitrogens with one attached hydrogen (secondary N) is 2. The number of ether oxygens (including phenoxy) is 2. The number of hydrogen-bond acceptors (Lipinski definition) is 8. The summed E-state index contributed by atoms with van der Waals surface area (Å²) in [5.74, 6) is 0.285. The highest BCUT2D eigenvalue weighted by Crippen LogP contribution is 2.51. The van der Waals surface area contributed by atoms with Crippen LogP contribution in [0.3, 0.4) is 0 Å². The molecule has 9 nitrogen and oxygen atoms in total. The minimum absolute atomic E-state index is 0.0806. The Morgan fingerprint density at radius 3 is 2.71 bits per heavy atom. The topological polar surface area (TPSA) is 106 Å². The number of thiazole rings is 1. The molecule has 0 radical (unpaired) electrons. The zero-order chi connectivity index (χ0) is 26.3. The number of aromatic nitrogens is 2. The third kappa shape index (κ3) is 5.16. The van der Waals surface area contributed by atoms with Crippen molar-refractivity contribution in [2.45, 2.75) is 50.9 Å². The second-order valence-corrected chi connectivity index (χ2v) is 11.3.